The molecule has 29 heavy (non-hydrogen) atoms. The van der Waals surface area contributed by atoms with Crippen molar-refractivity contribution < 1.29 is 9.53 Å². The third-order valence-corrected chi connectivity index (χ3v) is 5.65. The van der Waals surface area contributed by atoms with Crippen molar-refractivity contribution in [3.05, 3.63) is 42.6 Å². The molecular weight excluding hydrogens is 368 g/mol. The lowest BCUT2D eigenvalue weighted by molar-refractivity contribution is 0.0660. The molecule has 0 spiro atoms. The Hall–Kier alpha value is -2.71. The highest BCUT2D eigenvalue weighted by molar-refractivity contribution is 6.00. The number of amides is 1. The maximum Gasteiger partial charge on any atom is 0.274 e. The number of imidazole rings is 2. The molecule has 4 rings (SSSR count). The third-order valence-electron chi connectivity index (χ3n) is 5.65. The first-order chi connectivity index (χ1) is 14.1. The van der Waals surface area contributed by atoms with Crippen molar-refractivity contribution in [1.82, 2.24) is 28.7 Å². The van der Waals surface area contributed by atoms with Crippen molar-refractivity contribution >= 4 is 11.4 Å². The van der Waals surface area contributed by atoms with Crippen molar-refractivity contribution in [2.45, 2.75) is 25.4 Å². The number of aromatic nitrogens is 4. The molecule has 0 saturated carbocycles. The molecule has 4 heterocycles. The van der Waals surface area contributed by atoms with Crippen LogP contribution in [0.1, 0.15) is 23.3 Å². The van der Waals surface area contributed by atoms with Crippen LogP contribution in [0.5, 0.6) is 0 Å². The predicted octanol–water partition coefficient (Wildman–Crippen LogP) is 2.01. The maximum absolute atomic E-state index is 13.3. The topological polar surface area (TPSA) is 67.9 Å². The predicted molar refractivity (Wildman–Crippen MR) is 111 cm³/mol. The van der Waals surface area contributed by atoms with Gasteiger partial charge in [-0.15, -0.1) is 0 Å². The summed E-state index contributed by atoms with van der Waals surface area (Å²) in [6, 6.07) is 6.35. The van der Waals surface area contributed by atoms with Crippen LogP contribution >= 0.6 is 0 Å². The van der Waals surface area contributed by atoms with E-state index >= 15 is 0 Å². The van der Waals surface area contributed by atoms with Gasteiger partial charge in [0.15, 0.2) is 11.5 Å². The number of piperidine rings is 1. The number of hydrogen-bond acceptors (Lipinski definition) is 5. The van der Waals surface area contributed by atoms with Crippen LogP contribution < -0.4 is 0 Å². The van der Waals surface area contributed by atoms with Crippen LogP contribution in [0.3, 0.4) is 0 Å². The van der Waals surface area contributed by atoms with Gasteiger partial charge in [-0.1, -0.05) is 6.07 Å². The van der Waals surface area contributed by atoms with Crippen LogP contribution in [0, 0.1) is 0 Å². The third kappa shape index (κ3) is 3.90. The molecular formula is C21H28N6O2. The summed E-state index contributed by atoms with van der Waals surface area (Å²) in [5.74, 6) is 0.680. The van der Waals surface area contributed by atoms with Crippen LogP contribution in [0.25, 0.3) is 17.0 Å². The molecule has 0 aliphatic carbocycles. The first kappa shape index (κ1) is 19.6. The van der Waals surface area contributed by atoms with Gasteiger partial charge in [-0.3, -0.25) is 9.20 Å². The smallest absolute Gasteiger partial charge is 0.274 e. The Bertz CT molecular complexity index is 984. The van der Waals surface area contributed by atoms with Crippen molar-refractivity contribution in [1.29, 1.82) is 0 Å². The van der Waals surface area contributed by atoms with Crippen LogP contribution in [-0.4, -0.2) is 81.6 Å². The summed E-state index contributed by atoms with van der Waals surface area (Å²) in [5, 5.41) is 0. The van der Waals surface area contributed by atoms with Crippen molar-refractivity contribution in [2.24, 2.45) is 0 Å². The van der Waals surface area contributed by atoms with Gasteiger partial charge >= 0.3 is 0 Å². The number of pyridine rings is 1. The van der Waals surface area contributed by atoms with E-state index in [1.807, 2.05) is 44.5 Å². The highest BCUT2D eigenvalue weighted by Gasteiger charge is 2.28. The molecule has 0 atom stereocenters. The highest BCUT2D eigenvalue weighted by Crippen LogP contribution is 2.24. The summed E-state index contributed by atoms with van der Waals surface area (Å²) in [4.78, 5) is 26.7. The second-order valence-corrected chi connectivity index (χ2v) is 7.72. The summed E-state index contributed by atoms with van der Waals surface area (Å²) in [6.45, 7) is 2.85. The van der Waals surface area contributed by atoms with E-state index in [0.29, 0.717) is 24.2 Å². The van der Waals surface area contributed by atoms with Crippen molar-refractivity contribution in [3.63, 3.8) is 0 Å². The maximum atomic E-state index is 13.3. The van der Waals surface area contributed by atoms with Gasteiger partial charge in [0, 0.05) is 45.2 Å². The fourth-order valence-electron chi connectivity index (χ4n) is 3.91. The Balaban J connectivity index is 1.63. The summed E-state index contributed by atoms with van der Waals surface area (Å²) in [7, 11) is 5.88. The fraction of sp³-hybridized carbons (Fsp3) is 0.476. The van der Waals surface area contributed by atoms with Gasteiger partial charge in [-0.05, 0) is 39.1 Å². The van der Waals surface area contributed by atoms with E-state index in [0.717, 1.165) is 43.7 Å². The second kappa shape index (κ2) is 8.34. The van der Waals surface area contributed by atoms with E-state index in [2.05, 4.69) is 24.0 Å². The molecule has 1 amide bonds. The second-order valence-electron chi connectivity index (χ2n) is 7.72. The number of ether oxygens (including phenoxy) is 1. The summed E-state index contributed by atoms with van der Waals surface area (Å²) in [5.41, 5.74) is 2.05. The van der Waals surface area contributed by atoms with Crippen LogP contribution in [0.2, 0.25) is 0 Å². The first-order valence-electron chi connectivity index (χ1n) is 10.0. The Morgan fingerprint density at radius 1 is 1.28 bits per heavy atom. The van der Waals surface area contributed by atoms with E-state index in [1.54, 1.807) is 13.4 Å². The number of nitrogens with zero attached hydrogens (tertiary/aromatic N) is 6. The van der Waals surface area contributed by atoms with Gasteiger partial charge in [-0.2, -0.15) is 0 Å². The molecule has 3 aromatic heterocycles. The number of rotatable bonds is 6. The summed E-state index contributed by atoms with van der Waals surface area (Å²) in [6.07, 6.45) is 7.62. The largest absolute Gasteiger partial charge is 0.383 e. The SMILES string of the molecule is COCCn1cnc(-c2nc(C(=O)N3CCC(N(C)C)CC3)c3ccccn23)c1. The normalized spacial score (nSPS) is 15.5. The van der Waals surface area contributed by atoms with E-state index in [9.17, 15) is 4.79 Å². The van der Waals surface area contributed by atoms with Gasteiger partial charge in [0.2, 0.25) is 0 Å². The van der Waals surface area contributed by atoms with Crippen LogP contribution in [0.4, 0.5) is 0 Å². The van der Waals surface area contributed by atoms with Gasteiger partial charge in [0.05, 0.1) is 18.5 Å². The van der Waals surface area contributed by atoms with Crippen LogP contribution in [-0.2, 0) is 11.3 Å². The molecule has 0 unspecified atom stereocenters. The van der Waals surface area contributed by atoms with Crippen molar-refractivity contribution in [2.75, 3.05) is 40.9 Å². The minimum Gasteiger partial charge on any atom is -0.383 e. The number of hydrogen-bond donors (Lipinski definition) is 0. The number of methoxy groups -OCH3 is 1. The van der Waals surface area contributed by atoms with Gasteiger partial charge in [-0.25, -0.2) is 9.97 Å². The molecule has 1 aliphatic heterocycles. The average Bonchev–Trinajstić information content (AvgIpc) is 3.36. The summed E-state index contributed by atoms with van der Waals surface area (Å²) >= 11 is 0. The van der Waals surface area contributed by atoms with Gasteiger partial charge in [0.1, 0.15) is 5.69 Å². The average molecular weight is 396 g/mol. The minimum atomic E-state index is -0.00373. The number of carbonyl (C=O) groups is 1. The molecule has 154 valence electrons. The highest BCUT2D eigenvalue weighted by atomic mass is 16.5. The quantitative estimate of drug-likeness (QED) is 0.638. The summed E-state index contributed by atoms with van der Waals surface area (Å²) < 4.78 is 9.05. The van der Waals surface area contributed by atoms with Crippen molar-refractivity contribution in [3.8, 4) is 11.5 Å². The standard InChI is InChI=1S/C21H28N6O2/c1-24(2)16-7-10-26(11-8-16)21(28)19-18-6-4-5-9-27(18)20(23-19)17-14-25(15-22-17)12-13-29-3/h4-6,9,14-16H,7-8,10-13H2,1-3H3. The van der Waals surface area contributed by atoms with E-state index in [4.69, 9.17) is 9.72 Å². The number of carbonyl (C=O) groups excluding carboxylic acids is 1. The molecule has 3 aromatic rings. The lowest BCUT2D eigenvalue weighted by Gasteiger charge is -2.34. The van der Waals surface area contributed by atoms with Gasteiger partial charge in [0.25, 0.3) is 5.91 Å². The minimum absolute atomic E-state index is 0.00373. The van der Waals surface area contributed by atoms with Gasteiger partial charge < -0.3 is 19.1 Å². The Kier molecular flexibility index (Phi) is 5.64. The first-order valence-corrected chi connectivity index (χ1v) is 10.0. The molecule has 8 heteroatoms. The zero-order valence-corrected chi connectivity index (χ0v) is 17.3. The molecule has 1 fully saturated rings. The fourth-order valence-corrected chi connectivity index (χ4v) is 3.91. The molecule has 0 radical (unpaired) electrons. The van der Waals surface area contributed by atoms with Crippen LogP contribution in [0.15, 0.2) is 36.9 Å². The van der Waals surface area contributed by atoms with E-state index in [1.165, 1.54) is 0 Å². The van der Waals surface area contributed by atoms with E-state index < -0.39 is 0 Å². The molecule has 0 N–H and O–H groups in total. The monoisotopic (exact) mass is 396 g/mol. The van der Waals surface area contributed by atoms with E-state index in [-0.39, 0.29) is 5.91 Å². The molecule has 1 saturated heterocycles. The molecule has 8 nitrogen and oxygen atoms in total. The lowest BCUT2D eigenvalue weighted by atomic mass is 10.0. The Morgan fingerprint density at radius 2 is 2.07 bits per heavy atom. The Morgan fingerprint density at radius 3 is 2.79 bits per heavy atom. The molecule has 0 aromatic carbocycles. The number of fused-ring (bicyclic) bond motifs is 1. The zero-order chi connectivity index (χ0) is 20.4. The Labute approximate surface area is 170 Å². The molecule has 0 bridgehead atoms. The lowest BCUT2D eigenvalue weighted by Crippen LogP contribution is -2.44. The zero-order valence-electron chi connectivity index (χ0n) is 17.3. The number of likely N-dealkylation sites (tertiary alicyclic amines) is 1. The molecule has 1 aliphatic rings.